The van der Waals surface area contributed by atoms with Gasteiger partial charge in [0.2, 0.25) is 0 Å². The Morgan fingerprint density at radius 3 is 2.48 bits per heavy atom. The number of fused-ring (bicyclic) bond motifs is 5. The number of oxime groups is 1. The molecule has 0 aromatic rings. The summed E-state index contributed by atoms with van der Waals surface area (Å²) in [7, 11) is 0. The minimum atomic E-state index is -0.440. The molecule has 2 N–H and O–H groups in total. The molecule has 3 unspecified atom stereocenters. The summed E-state index contributed by atoms with van der Waals surface area (Å²) in [4.78, 5) is 0. The van der Waals surface area contributed by atoms with E-state index < -0.39 is 5.60 Å². The molecule has 0 bridgehead atoms. The van der Waals surface area contributed by atoms with Gasteiger partial charge in [0.15, 0.2) is 0 Å². The van der Waals surface area contributed by atoms with Gasteiger partial charge in [0.1, 0.15) is 0 Å². The predicted molar refractivity (Wildman–Crippen MR) is 91.6 cm³/mol. The Hall–Kier alpha value is -0.570. The molecule has 0 amide bonds. The van der Waals surface area contributed by atoms with Crippen LogP contribution in [0, 0.1) is 34.5 Å². The minimum Gasteiger partial charge on any atom is -0.411 e. The normalized spacial score (nSPS) is 57.7. The molecular weight excluding hydrogens is 286 g/mol. The van der Waals surface area contributed by atoms with Gasteiger partial charge >= 0.3 is 0 Å². The van der Waals surface area contributed by atoms with Crippen molar-refractivity contribution in [2.45, 2.75) is 84.2 Å². The number of hydrogen-bond acceptors (Lipinski definition) is 3. The van der Waals surface area contributed by atoms with Gasteiger partial charge in [-0.25, -0.2) is 0 Å². The van der Waals surface area contributed by atoms with Crippen molar-refractivity contribution in [3.8, 4) is 0 Å². The molecule has 4 saturated carbocycles. The van der Waals surface area contributed by atoms with Gasteiger partial charge in [-0.2, -0.15) is 0 Å². The summed E-state index contributed by atoms with van der Waals surface area (Å²) in [6, 6.07) is 0. The largest absolute Gasteiger partial charge is 0.411 e. The monoisotopic (exact) mass is 319 g/mol. The Labute approximate surface area is 140 Å². The fourth-order valence-corrected chi connectivity index (χ4v) is 7.38. The second-order valence-corrected chi connectivity index (χ2v) is 9.90. The second-order valence-electron chi connectivity index (χ2n) is 9.90. The van der Waals surface area contributed by atoms with Crippen LogP contribution in [0.15, 0.2) is 5.16 Å². The fourth-order valence-electron chi connectivity index (χ4n) is 7.38. The summed E-state index contributed by atoms with van der Waals surface area (Å²) in [5, 5.41) is 23.6. The molecule has 4 aliphatic rings. The summed E-state index contributed by atoms with van der Waals surface area (Å²) in [6.45, 7) is 6.93. The van der Waals surface area contributed by atoms with E-state index in [2.05, 4.69) is 19.0 Å². The lowest BCUT2D eigenvalue weighted by molar-refractivity contribution is -0.137. The van der Waals surface area contributed by atoms with Crippen molar-refractivity contribution in [1.29, 1.82) is 0 Å². The average molecular weight is 319 g/mol. The highest BCUT2D eigenvalue weighted by molar-refractivity contribution is 5.91. The van der Waals surface area contributed by atoms with Crippen molar-refractivity contribution in [3.05, 3.63) is 0 Å². The lowest BCUT2D eigenvalue weighted by Gasteiger charge is -2.61. The van der Waals surface area contributed by atoms with Crippen LogP contribution >= 0.6 is 0 Å². The average Bonchev–Trinajstić information content (AvgIpc) is 2.84. The molecule has 0 heterocycles. The third kappa shape index (κ3) is 2.14. The lowest BCUT2D eigenvalue weighted by Crippen LogP contribution is -2.55. The van der Waals surface area contributed by atoms with Crippen LogP contribution in [0.3, 0.4) is 0 Å². The highest BCUT2D eigenvalue weighted by Crippen LogP contribution is 2.66. The van der Waals surface area contributed by atoms with Gasteiger partial charge in [-0.3, -0.25) is 0 Å². The molecule has 0 spiro atoms. The van der Waals surface area contributed by atoms with Crippen molar-refractivity contribution >= 4 is 5.71 Å². The first-order chi connectivity index (χ1) is 10.8. The quantitative estimate of drug-likeness (QED) is 0.506. The summed E-state index contributed by atoms with van der Waals surface area (Å²) in [6.07, 6.45) is 10.4. The fraction of sp³-hybridized carbons (Fsp3) is 0.950. The summed E-state index contributed by atoms with van der Waals surface area (Å²) < 4.78 is 0. The Balaban J connectivity index is 1.63. The zero-order chi connectivity index (χ0) is 16.5. The molecule has 3 nitrogen and oxygen atoms in total. The minimum absolute atomic E-state index is 0.152. The maximum Gasteiger partial charge on any atom is 0.0632 e. The van der Waals surface area contributed by atoms with Gasteiger partial charge in [-0.15, -0.1) is 0 Å². The first kappa shape index (κ1) is 15.9. The lowest BCUT2D eigenvalue weighted by atomic mass is 9.44. The Bertz CT molecular complexity index is 528. The van der Waals surface area contributed by atoms with Crippen LogP contribution in [-0.2, 0) is 0 Å². The summed E-state index contributed by atoms with van der Waals surface area (Å²) in [5.74, 6) is 3.03. The molecule has 7 atom stereocenters. The number of aliphatic hydroxyl groups is 1. The van der Waals surface area contributed by atoms with Crippen LogP contribution in [0.25, 0.3) is 0 Å². The molecular formula is C20H33NO2. The maximum atomic E-state index is 10.5. The van der Waals surface area contributed by atoms with E-state index in [1.165, 1.54) is 38.5 Å². The maximum absolute atomic E-state index is 10.5. The van der Waals surface area contributed by atoms with Crippen molar-refractivity contribution in [3.63, 3.8) is 0 Å². The van der Waals surface area contributed by atoms with E-state index in [4.69, 9.17) is 0 Å². The van der Waals surface area contributed by atoms with Gasteiger partial charge in [0.05, 0.1) is 11.3 Å². The predicted octanol–water partition coefficient (Wildman–Crippen LogP) is 4.61. The zero-order valence-corrected chi connectivity index (χ0v) is 15.0. The smallest absolute Gasteiger partial charge is 0.0632 e. The van der Waals surface area contributed by atoms with Crippen LogP contribution in [0.4, 0.5) is 0 Å². The van der Waals surface area contributed by atoms with Crippen molar-refractivity contribution in [2.24, 2.45) is 39.7 Å². The van der Waals surface area contributed by atoms with E-state index in [0.29, 0.717) is 17.3 Å². The Morgan fingerprint density at radius 2 is 1.74 bits per heavy atom. The summed E-state index contributed by atoms with van der Waals surface area (Å²) in [5.41, 5.74) is 1.20. The third-order valence-corrected chi connectivity index (χ3v) is 8.82. The highest BCUT2D eigenvalue weighted by Gasteiger charge is 2.60. The van der Waals surface area contributed by atoms with Gasteiger partial charge in [0.25, 0.3) is 0 Å². The topological polar surface area (TPSA) is 52.8 Å². The highest BCUT2D eigenvalue weighted by atomic mass is 16.4. The molecule has 4 rings (SSSR count). The molecule has 4 fully saturated rings. The molecule has 3 heteroatoms. The van der Waals surface area contributed by atoms with Crippen molar-refractivity contribution in [1.82, 2.24) is 0 Å². The van der Waals surface area contributed by atoms with Gasteiger partial charge in [-0.05, 0) is 93.8 Å². The molecule has 4 aliphatic carbocycles. The first-order valence-electron chi connectivity index (χ1n) is 9.74. The van der Waals surface area contributed by atoms with Gasteiger partial charge < -0.3 is 10.3 Å². The molecule has 0 aliphatic heterocycles. The molecule has 0 aromatic carbocycles. The molecule has 0 radical (unpaired) electrons. The zero-order valence-electron chi connectivity index (χ0n) is 15.0. The van der Waals surface area contributed by atoms with E-state index in [1.807, 2.05) is 6.92 Å². The molecule has 0 aromatic heterocycles. The van der Waals surface area contributed by atoms with E-state index in [1.54, 1.807) is 0 Å². The summed E-state index contributed by atoms with van der Waals surface area (Å²) >= 11 is 0. The number of hydrogen-bond donors (Lipinski definition) is 2. The van der Waals surface area contributed by atoms with Gasteiger partial charge in [0, 0.05) is 5.41 Å². The first-order valence-corrected chi connectivity index (χ1v) is 9.74. The van der Waals surface area contributed by atoms with E-state index in [-0.39, 0.29) is 5.41 Å². The van der Waals surface area contributed by atoms with Crippen LogP contribution < -0.4 is 0 Å². The van der Waals surface area contributed by atoms with E-state index in [9.17, 15) is 10.3 Å². The van der Waals surface area contributed by atoms with Crippen molar-refractivity contribution < 1.29 is 10.3 Å². The number of nitrogens with zero attached hydrogens (tertiary/aromatic N) is 1. The van der Waals surface area contributed by atoms with Crippen molar-refractivity contribution in [2.75, 3.05) is 0 Å². The van der Waals surface area contributed by atoms with Crippen LogP contribution in [0.1, 0.15) is 78.6 Å². The van der Waals surface area contributed by atoms with Crippen LogP contribution in [0.2, 0.25) is 0 Å². The molecule has 130 valence electrons. The van der Waals surface area contributed by atoms with E-state index >= 15 is 0 Å². The van der Waals surface area contributed by atoms with Gasteiger partial charge in [-0.1, -0.05) is 19.0 Å². The van der Waals surface area contributed by atoms with Crippen LogP contribution in [0.5, 0.6) is 0 Å². The number of rotatable bonds is 0. The third-order valence-electron chi connectivity index (χ3n) is 8.82. The van der Waals surface area contributed by atoms with Crippen LogP contribution in [-0.4, -0.2) is 21.6 Å². The second kappa shape index (κ2) is 4.97. The van der Waals surface area contributed by atoms with E-state index in [0.717, 1.165) is 36.8 Å². The molecule has 23 heavy (non-hydrogen) atoms. The molecule has 0 saturated heterocycles. The standard InChI is InChI=1S/C20H33NO2/c1-18(22)10-11-19(2)13(12-18)4-5-14-15-6-7-17(21-23)20(15,3)9-8-16(14)19/h13-16,22-23H,4-12H2,1-3H3/b21-17+/t13?,14?,15?,16-,18-,19-,20-/m0/s1. The Kier molecular flexibility index (Phi) is 3.44. The SMILES string of the molecule is C[C@]1(O)CC[C@@]2(C)C(CCC3C4CC/C(=N\O)[C@@]4(C)CC[C@@H]32)C1. The Morgan fingerprint density at radius 1 is 0.957 bits per heavy atom.